The lowest BCUT2D eigenvalue weighted by Crippen LogP contribution is -2.29. The van der Waals surface area contributed by atoms with Gasteiger partial charge < -0.3 is 14.4 Å². The lowest BCUT2D eigenvalue weighted by molar-refractivity contribution is -0.140. The van der Waals surface area contributed by atoms with Crippen molar-refractivity contribution < 1.29 is 19.1 Å². The van der Waals surface area contributed by atoms with Crippen molar-refractivity contribution in [3.63, 3.8) is 0 Å². The molecule has 1 amide bonds. The van der Waals surface area contributed by atoms with Crippen molar-refractivity contribution in [2.75, 3.05) is 20.7 Å². The molecule has 0 aromatic heterocycles. The van der Waals surface area contributed by atoms with E-state index in [2.05, 4.69) is 4.74 Å². The molecule has 22 heavy (non-hydrogen) atoms. The average molecular weight is 305 g/mol. The standard InChI is InChI=1S/C17H23NO4/c1-13(19)6-4-7-14-8-5-9-15(12-14)17(21)18(2)11-10-16(20)22-3/h5,8-9,12H,4,6-7,10-11H2,1-3H3. The first-order valence-electron chi connectivity index (χ1n) is 7.34. The van der Waals surface area contributed by atoms with Crippen LogP contribution >= 0.6 is 0 Å². The number of Topliss-reactive ketones (excluding diaryl/α,β-unsaturated/α-hetero) is 1. The van der Waals surface area contributed by atoms with Crippen molar-refractivity contribution in [1.29, 1.82) is 0 Å². The molecule has 0 aliphatic carbocycles. The topological polar surface area (TPSA) is 63.7 Å². The van der Waals surface area contributed by atoms with Gasteiger partial charge in [-0.1, -0.05) is 12.1 Å². The van der Waals surface area contributed by atoms with Crippen LogP contribution in [-0.2, 0) is 20.7 Å². The first-order valence-corrected chi connectivity index (χ1v) is 7.34. The van der Waals surface area contributed by atoms with Gasteiger partial charge in [-0.2, -0.15) is 0 Å². The third kappa shape index (κ3) is 6.08. The highest BCUT2D eigenvalue weighted by molar-refractivity contribution is 5.94. The Morgan fingerprint density at radius 2 is 1.91 bits per heavy atom. The van der Waals surface area contributed by atoms with E-state index in [1.807, 2.05) is 18.2 Å². The molecule has 0 saturated carbocycles. The summed E-state index contributed by atoms with van der Waals surface area (Å²) in [5.74, 6) is -0.287. The van der Waals surface area contributed by atoms with Crippen LogP contribution in [-0.4, -0.2) is 43.3 Å². The summed E-state index contributed by atoms with van der Waals surface area (Å²) in [4.78, 5) is 35.9. The molecule has 0 spiro atoms. The summed E-state index contributed by atoms with van der Waals surface area (Å²) in [5.41, 5.74) is 1.63. The highest BCUT2D eigenvalue weighted by atomic mass is 16.5. The number of aryl methyl sites for hydroxylation is 1. The van der Waals surface area contributed by atoms with Gasteiger partial charge in [0.15, 0.2) is 0 Å². The second-order valence-corrected chi connectivity index (χ2v) is 5.31. The Morgan fingerprint density at radius 1 is 1.18 bits per heavy atom. The number of benzene rings is 1. The van der Waals surface area contributed by atoms with Crippen molar-refractivity contribution >= 4 is 17.7 Å². The Morgan fingerprint density at radius 3 is 2.55 bits per heavy atom. The van der Waals surface area contributed by atoms with E-state index in [0.29, 0.717) is 18.5 Å². The lowest BCUT2D eigenvalue weighted by atomic mass is 10.0. The van der Waals surface area contributed by atoms with Crippen molar-refractivity contribution in [2.45, 2.75) is 32.6 Å². The van der Waals surface area contributed by atoms with Crippen LogP contribution < -0.4 is 0 Å². The van der Waals surface area contributed by atoms with Crippen LogP contribution in [0.1, 0.15) is 42.1 Å². The minimum Gasteiger partial charge on any atom is -0.469 e. The molecule has 120 valence electrons. The Kier molecular flexibility index (Phi) is 7.29. The summed E-state index contributed by atoms with van der Waals surface area (Å²) in [5, 5.41) is 0. The maximum absolute atomic E-state index is 12.3. The van der Waals surface area contributed by atoms with Gasteiger partial charge in [-0.05, 0) is 37.5 Å². The molecule has 1 aromatic rings. The van der Waals surface area contributed by atoms with Gasteiger partial charge in [0.05, 0.1) is 13.5 Å². The van der Waals surface area contributed by atoms with Gasteiger partial charge in [0, 0.05) is 25.6 Å². The summed E-state index contributed by atoms with van der Waals surface area (Å²) in [6, 6.07) is 7.39. The number of ketones is 1. The van der Waals surface area contributed by atoms with E-state index in [1.54, 1.807) is 20.0 Å². The molecule has 5 heteroatoms. The quantitative estimate of drug-likeness (QED) is 0.691. The van der Waals surface area contributed by atoms with Crippen LogP contribution in [0.4, 0.5) is 0 Å². The Labute approximate surface area is 131 Å². The molecule has 0 saturated heterocycles. The van der Waals surface area contributed by atoms with Crippen molar-refractivity contribution in [3.8, 4) is 0 Å². The summed E-state index contributed by atoms with van der Waals surface area (Å²) in [6.07, 6.45) is 2.28. The number of hydrogen-bond acceptors (Lipinski definition) is 4. The minimum atomic E-state index is -0.336. The van der Waals surface area contributed by atoms with Gasteiger partial charge >= 0.3 is 5.97 Å². The zero-order valence-corrected chi connectivity index (χ0v) is 13.4. The molecule has 0 unspecified atom stereocenters. The number of carbonyl (C=O) groups excluding carboxylic acids is 3. The minimum absolute atomic E-state index is 0.127. The lowest BCUT2D eigenvalue weighted by Gasteiger charge is -2.17. The molecule has 0 bridgehead atoms. The highest BCUT2D eigenvalue weighted by Gasteiger charge is 2.13. The molecule has 1 rings (SSSR count). The first kappa shape index (κ1) is 17.9. The molecule has 0 atom stereocenters. The van der Waals surface area contributed by atoms with Crippen LogP contribution in [0.15, 0.2) is 24.3 Å². The number of methoxy groups -OCH3 is 1. The Bertz CT molecular complexity index is 539. The van der Waals surface area contributed by atoms with Gasteiger partial charge in [-0.25, -0.2) is 0 Å². The molecular formula is C17H23NO4. The van der Waals surface area contributed by atoms with E-state index in [9.17, 15) is 14.4 Å². The predicted molar refractivity (Wildman–Crippen MR) is 83.7 cm³/mol. The fourth-order valence-corrected chi connectivity index (χ4v) is 2.08. The van der Waals surface area contributed by atoms with Crippen molar-refractivity contribution in [2.24, 2.45) is 0 Å². The number of rotatable bonds is 8. The van der Waals surface area contributed by atoms with Gasteiger partial charge in [0.1, 0.15) is 5.78 Å². The van der Waals surface area contributed by atoms with Gasteiger partial charge in [-0.15, -0.1) is 0 Å². The van der Waals surface area contributed by atoms with E-state index >= 15 is 0 Å². The zero-order valence-electron chi connectivity index (χ0n) is 13.4. The van der Waals surface area contributed by atoms with Crippen LogP contribution in [0, 0.1) is 0 Å². The molecule has 0 aliphatic rings. The maximum Gasteiger partial charge on any atom is 0.307 e. The number of esters is 1. The van der Waals surface area contributed by atoms with Gasteiger partial charge in [0.25, 0.3) is 5.91 Å². The molecule has 0 aliphatic heterocycles. The van der Waals surface area contributed by atoms with E-state index in [4.69, 9.17) is 0 Å². The van der Waals surface area contributed by atoms with Crippen molar-refractivity contribution in [1.82, 2.24) is 4.90 Å². The second kappa shape index (κ2) is 8.97. The molecule has 0 radical (unpaired) electrons. The SMILES string of the molecule is COC(=O)CCN(C)C(=O)c1cccc(CCCC(C)=O)c1. The molecular weight excluding hydrogens is 282 g/mol. The summed E-state index contributed by atoms with van der Waals surface area (Å²) < 4.78 is 4.56. The number of amides is 1. The summed E-state index contributed by atoms with van der Waals surface area (Å²) in [7, 11) is 2.99. The third-order valence-electron chi connectivity index (χ3n) is 3.39. The van der Waals surface area contributed by atoms with E-state index < -0.39 is 0 Å². The number of hydrogen-bond donors (Lipinski definition) is 0. The Balaban J connectivity index is 2.61. The van der Waals surface area contributed by atoms with Gasteiger partial charge in [0.2, 0.25) is 0 Å². The predicted octanol–water partition coefficient (Wildman–Crippen LogP) is 2.23. The van der Waals surface area contributed by atoms with E-state index in [1.165, 1.54) is 12.0 Å². The molecule has 0 heterocycles. The smallest absolute Gasteiger partial charge is 0.307 e. The molecule has 0 N–H and O–H groups in total. The second-order valence-electron chi connectivity index (χ2n) is 5.31. The van der Waals surface area contributed by atoms with Crippen LogP contribution in [0.3, 0.4) is 0 Å². The van der Waals surface area contributed by atoms with Crippen molar-refractivity contribution in [3.05, 3.63) is 35.4 Å². The Hall–Kier alpha value is -2.17. The molecule has 0 fully saturated rings. The van der Waals surface area contributed by atoms with E-state index in [-0.39, 0.29) is 24.1 Å². The fourth-order valence-electron chi connectivity index (χ4n) is 2.08. The highest BCUT2D eigenvalue weighted by Crippen LogP contribution is 2.11. The van der Waals surface area contributed by atoms with Gasteiger partial charge in [-0.3, -0.25) is 9.59 Å². The number of nitrogens with zero attached hydrogens (tertiary/aromatic N) is 1. The monoisotopic (exact) mass is 305 g/mol. The van der Waals surface area contributed by atoms with Crippen LogP contribution in [0.2, 0.25) is 0 Å². The van der Waals surface area contributed by atoms with E-state index in [0.717, 1.165) is 18.4 Å². The number of ether oxygens (including phenoxy) is 1. The maximum atomic E-state index is 12.3. The average Bonchev–Trinajstić information content (AvgIpc) is 2.51. The summed E-state index contributed by atoms with van der Waals surface area (Å²) >= 11 is 0. The van der Waals surface area contributed by atoms with Crippen LogP contribution in [0.25, 0.3) is 0 Å². The molecule has 5 nitrogen and oxygen atoms in total. The van der Waals surface area contributed by atoms with Crippen LogP contribution in [0.5, 0.6) is 0 Å². The summed E-state index contributed by atoms with van der Waals surface area (Å²) in [6.45, 7) is 1.90. The first-order chi connectivity index (χ1) is 10.4. The third-order valence-corrected chi connectivity index (χ3v) is 3.39. The molecule has 1 aromatic carbocycles. The normalized spacial score (nSPS) is 10.1. The fraction of sp³-hybridized carbons (Fsp3) is 0.471. The zero-order chi connectivity index (χ0) is 16.5. The largest absolute Gasteiger partial charge is 0.469 e. The number of carbonyl (C=O) groups is 3.